The Kier molecular flexibility index (Phi) is 5.31. The van der Waals surface area contributed by atoms with E-state index in [-0.39, 0.29) is 10.8 Å². The van der Waals surface area contributed by atoms with Crippen LogP contribution in [0.3, 0.4) is 0 Å². The van der Waals surface area contributed by atoms with Gasteiger partial charge < -0.3 is 9.13 Å². The zero-order chi connectivity index (χ0) is 27.8. The summed E-state index contributed by atoms with van der Waals surface area (Å²) in [6.07, 6.45) is 0. The first kappa shape index (κ1) is 24.7. The maximum absolute atomic E-state index is 2.41. The Labute approximate surface area is 236 Å². The molecule has 0 aliphatic rings. The molecule has 0 aliphatic carbocycles. The number of nitrogens with zero attached hydrogens (tertiary/aromatic N) is 2. The van der Waals surface area contributed by atoms with Crippen molar-refractivity contribution >= 4 is 43.6 Å². The number of fused-ring (bicyclic) bond motifs is 6. The second-order valence-electron chi connectivity index (χ2n) is 13.2. The summed E-state index contributed by atoms with van der Waals surface area (Å²) in [6.45, 7) is 13.7. The standard InChI is InChI=1S/C38H36N2/c1-37(2,3)25-15-21-35-31(23-25)29-11-7-9-13-33(29)39(35)27-17-19-28(20-18-27)40-34-14-10-8-12-30(34)32-24-26(38(4,5)6)16-22-36(32)40/h7-24H,1-6H3. The number of rotatable bonds is 2. The number of hydrogen-bond acceptors (Lipinski definition) is 0. The van der Waals surface area contributed by atoms with Gasteiger partial charge in [0.25, 0.3) is 0 Å². The highest BCUT2D eigenvalue weighted by atomic mass is 15.0. The van der Waals surface area contributed by atoms with Crippen molar-refractivity contribution in [2.24, 2.45) is 0 Å². The molecule has 0 saturated heterocycles. The highest BCUT2D eigenvalue weighted by Gasteiger charge is 2.20. The Morgan fingerprint density at radius 3 is 1.10 bits per heavy atom. The lowest BCUT2D eigenvalue weighted by molar-refractivity contribution is 0.591. The average Bonchev–Trinajstić information content (AvgIpc) is 3.44. The molecule has 40 heavy (non-hydrogen) atoms. The van der Waals surface area contributed by atoms with Crippen molar-refractivity contribution in [3.8, 4) is 11.4 Å². The molecule has 0 atom stereocenters. The van der Waals surface area contributed by atoms with Crippen molar-refractivity contribution in [1.29, 1.82) is 0 Å². The zero-order valence-electron chi connectivity index (χ0n) is 24.3. The monoisotopic (exact) mass is 520 g/mol. The van der Waals surface area contributed by atoms with Crippen molar-refractivity contribution in [3.63, 3.8) is 0 Å². The van der Waals surface area contributed by atoms with Gasteiger partial charge in [0, 0.05) is 32.9 Å². The molecular weight excluding hydrogens is 484 g/mol. The smallest absolute Gasteiger partial charge is 0.0541 e. The van der Waals surface area contributed by atoms with E-state index in [1.807, 2.05) is 0 Å². The molecule has 0 amide bonds. The minimum absolute atomic E-state index is 0.106. The minimum atomic E-state index is 0.106. The first-order chi connectivity index (χ1) is 19.1. The van der Waals surface area contributed by atoms with Crippen LogP contribution in [-0.2, 0) is 10.8 Å². The van der Waals surface area contributed by atoms with Crippen LogP contribution < -0.4 is 0 Å². The molecule has 2 heterocycles. The summed E-state index contributed by atoms with van der Waals surface area (Å²) in [7, 11) is 0. The summed E-state index contributed by atoms with van der Waals surface area (Å²) < 4.78 is 4.81. The van der Waals surface area contributed by atoms with Gasteiger partial charge in [-0.25, -0.2) is 0 Å². The largest absolute Gasteiger partial charge is 0.309 e. The van der Waals surface area contributed by atoms with Crippen molar-refractivity contribution in [3.05, 3.63) is 120 Å². The Balaban J connectivity index is 1.41. The van der Waals surface area contributed by atoms with E-state index in [4.69, 9.17) is 0 Å². The molecule has 5 aromatic carbocycles. The molecule has 0 N–H and O–H groups in total. The molecule has 7 rings (SSSR count). The zero-order valence-corrected chi connectivity index (χ0v) is 24.3. The van der Waals surface area contributed by atoms with Crippen LogP contribution in [0.4, 0.5) is 0 Å². The highest BCUT2D eigenvalue weighted by molar-refractivity contribution is 6.10. The Bertz CT molecular complexity index is 1900. The van der Waals surface area contributed by atoms with Crippen molar-refractivity contribution < 1.29 is 0 Å². The van der Waals surface area contributed by atoms with Gasteiger partial charge in [-0.05, 0) is 82.6 Å². The second kappa shape index (κ2) is 8.60. The van der Waals surface area contributed by atoms with Crippen LogP contribution in [0, 0.1) is 0 Å². The molecule has 0 spiro atoms. The Morgan fingerprint density at radius 1 is 0.375 bits per heavy atom. The topological polar surface area (TPSA) is 9.86 Å². The predicted octanol–water partition coefficient (Wildman–Crippen LogP) is 10.5. The summed E-state index contributed by atoms with van der Waals surface area (Å²) in [5, 5.41) is 5.21. The molecule has 2 nitrogen and oxygen atoms in total. The molecule has 0 saturated carbocycles. The fraction of sp³-hybridized carbons (Fsp3) is 0.211. The van der Waals surface area contributed by atoms with E-state index in [0.717, 1.165) is 0 Å². The van der Waals surface area contributed by atoms with Crippen LogP contribution in [0.5, 0.6) is 0 Å². The lowest BCUT2D eigenvalue weighted by atomic mass is 9.86. The maximum atomic E-state index is 2.41. The van der Waals surface area contributed by atoms with Crippen molar-refractivity contribution in [1.82, 2.24) is 9.13 Å². The van der Waals surface area contributed by atoms with Crippen LogP contribution in [-0.4, -0.2) is 9.13 Å². The normalized spacial score (nSPS) is 12.8. The Morgan fingerprint density at radius 2 is 0.725 bits per heavy atom. The molecule has 198 valence electrons. The minimum Gasteiger partial charge on any atom is -0.309 e. The third kappa shape index (κ3) is 3.78. The van der Waals surface area contributed by atoms with Gasteiger partial charge in [-0.15, -0.1) is 0 Å². The van der Waals surface area contributed by atoms with E-state index in [9.17, 15) is 0 Å². The molecule has 2 heteroatoms. The quantitative estimate of drug-likeness (QED) is 0.215. The molecule has 0 unspecified atom stereocenters. The third-order valence-electron chi connectivity index (χ3n) is 8.44. The van der Waals surface area contributed by atoms with E-state index in [1.165, 1.54) is 66.1 Å². The molecule has 0 fully saturated rings. The lowest BCUT2D eigenvalue weighted by Crippen LogP contribution is -2.10. The van der Waals surface area contributed by atoms with E-state index in [1.54, 1.807) is 0 Å². The van der Waals surface area contributed by atoms with Gasteiger partial charge in [-0.3, -0.25) is 0 Å². The molecule has 2 aromatic heterocycles. The summed E-state index contributed by atoms with van der Waals surface area (Å²) in [4.78, 5) is 0. The SMILES string of the molecule is CC(C)(C)c1ccc2c(c1)c1ccccc1n2-c1ccc(-n2c3ccccc3c3cc(C(C)(C)C)ccc32)cc1. The lowest BCUT2D eigenvalue weighted by Gasteiger charge is -2.19. The van der Waals surface area contributed by atoms with E-state index >= 15 is 0 Å². The van der Waals surface area contributed by atoms with Gasteiger partial charge in [0.15, 0.2) is 0 Å². The summed E-state index contributed by atoms with van der Waals surface area (Å²) in [5.41, 5.74) is 10.2. The maximum Gasteiger partial charge on any atom is 0.0541 e. The molecule has 0 aliphatic heterocycles. The van der Waals surface area contributed by atoms with Gasteiger partial charge in [-0.1, -0.05) is 90.1 Å². The fourth-order valence-electron chi connectivity index (χ4n) is 6.19. The number of para-hydroxylation sites is 2. The van der Waals surface area contributed by atoms with Gasteiger partial charge in [0.1, 0.15) is 0 Å². The van der Waals surface area contributed by atoms with Gasteiger partial charge in [0.2, 0.25) is 0 Å². The van der Waals surface area contributed by atoms with Crippen LogP contribution in [0.1, 0.15) is 52.7 Å². The summed E-state index contributed by atoms with van der Waals surface area (Å²) in [5.74, 6) is 0. The van der Waals surface area contributed by atoms with E-state index in [2.05, 4.69) is 160 Å². The first-order valence-corrected chi connectivity index (χ1v) is 14.3. The number of hydrogen-bond donors (Lipinski definition) is 0. The van der Waals surface area contributed by atoms with Crippen LogP contribution >= 0.6 is 0 Å². The number of aromatic nitrogens is 2. The molecule has 0 bridgehead atoms. The van der Waals surface area contributed by atoms with Gasteiger partial charge in [0.05, 0.1) is 22.1 Å². The van der Waals surface area contributed by atoms with Crippen LogP contribution in [0.25, 0.3) is 55.0 Å². The molecular formula is C38H36N2. The Hall–Kier alpha value is -4.30. The van der Waals surface area contributed by atoms with Crippen molar-refractivity contribution in [2.75, 3.05) is 0 Å². The van der Waals surface area contributed by atoms with Gasteiger partial charge in [-0.2, -0.15) is 0 Å². The van der Waals surface area contributed by atoms with Crippen molar-refractivity contribution in [2.45, 2.75) is 52.4 Å². The second-order valence-corrected chi connectivity index (χ2v) is 13.2. The summed E-state index contributed by atoms with van der Waals surface area (Å²) >= 11 is 0. The van der Waals surface area contributed by atoms with Crippen LogP contribution in [0.2, 0.25) is 0 Å². The van der Waals surface area contributed by atoms with E-state index in [0.29, 0.717) is 0 Å². The average molecular weight is 521 g/mol. The van der Waals surface area contributed by atoms with Gasteiger partial charge >= 0.3 is 0 Å². The predicted molar refractivity (Wildman–Crippen MR) is 173 cm³/mol. The molecule has 7 aromatic rings. The third-order valence-corrected chi connectivity index (χ3v) is 8.44. The number of benzene rings is 5. The fourth-order valence-corrected chi connectivity index (χ4v) is 6.19. The first-order valence-electron chi connectivity index (χ1n) is 14.3. The van der Waals surface area contributed by atoms with E-state index < -0.39 is 0 Å². The summed E-state index contributed by atoms with van der Waals surface area (Å²) in [6, 6.07) is 40.5. The molecule has 0 radical (unpaired) electrons. The van der Waals surface area contributed by atoms with Crippen LogP contribution in [0.15, 0.2) is 109 Å². The highest BCUT2D eigenvalue weighted by Crippen LogP contribution is 2.37.